The van der Waals surface area contributed by atoms with Gasteiger partial charge in [-0.1, -0.05) is 25.5 Å². The first-order chi connectivity index (χ1) is 12.5. The third-order valence-corrected chi connectivity index (χ3v) is 3.80. The molecule has 0 heterocycles. The molecule has 0 aromatic carbocycles. The quantitative estimate of drug-likeness (QED) is 0.291. The van der Waals surface area contributed by atoms with Crippen molar-refractivity contribution in [2.75, 3.05) is 13.2 Å². The van der Waals surface area contributed by atoms with Gasteiger partial charge < -0.3 is 19.5 Å². The number of esters is 2. The van der Waals surface area contributed by atoms with Gasteiger partial charge in [-0.15, -0.1) is 0 Å². The minimum Gasteiger partial charge on any atom is -0.463 e. The van der Waals surface area contributed by atoms with E-state index in [1.165, 1.54) is 13.0 Å². The van der Waals surface area contributed by atoms with Gasteiger partial charge in [-0.05, 0) is 45.1 Å². The fourth-order valence-electron chi connectivity index (χ4n) is 2.41. The number of alkyl carbamates (subject to hydrolysis) is 1. The van der Waals surface area contributed by atoms with Crippen molar-refractivity contribution >= 4 is 18.0 Å². The molecule has 7 heteroatoms. The summed E-state index contributed by atoms with van der Waals surface area (Å²) in [6.45, 7) is 5.88. The Labute approximate surface area is 154 Å². The van der Waals surface area contributed by atoms with Crippen molar-refractivity contribution in [2.45, 2.75) is 65.0 Å². The summed E-state index contributed by atoms with van der Waals surface area (Å²) in [5.74, 6) is -1.15. The van der Waals surface area contributed by atoms with E-state index in [9.17, 15) is 14.4 Å². The first-order valence-electron chi connectivity index (χ1n) is 9.13. The molecule has 0 aromatic rings. The number of ether oxygens (including phenoxy) is 3. The minimum absolute atomic E-state index is 0.0258. The number of nitrogens with one attached hydrogen (secondary N) is 1. The first kappa shape index (κ1) is 21.7. The molecular weight excluding hydrogens is 338 g/mol. The van der Waals surface area contributed by atoms with Crippen LogP contribution in [0, 0.1) is 0 Å². The molecule has 0 unspecified atom stereocenters. The standard InChI is InChI=1S/C19H29NO6/c1-4-6-12-25-18(22)14(3)26-17(21)11-10-15-8-7-9-16(13-15)20-19(23)24-5-2/h8,10-11,14,16H,4-7,9,12-13H2,1-3H3,(H,20,23)/b11-10+/t14-,16-/m1/s1. The number of allylic oxidation sites excluding steroid dienone is 2. The van der Waals surface area contributed by atoms with E-state index in [1.807, 2.05) is 13.0 Å². The van der Waals surface area contributed by atoms with E-state index in [0.29, 0.717) is 19.6 Å². The van der Waals surface area contributed by atoms with Gasteiger partial charge in [0.25, 0.3) is 0 Å². The normalized spacial score (nSPS) is 18.0. The molecule has 0 aromatic heterocycles. The molecule has 0 fully saturated rings. The van der Waals surface area contributed by atoms with E-state index in [4.69, 9.17) is 14.2 Å². The molecule has 0 bridgehead atoms. The van der Waals surface area contributed by atoms with Gasteiger partial charge in [-0.3, -0.25) is 0 Å². The van der Waals surface area contributed by atoms with Crippen molar-refractivity contribution in [2.24, 2.45) is 0 Å². The summed E-state index contributed by atoms with van der Waals surface area (Å²) in [5, 5.41) is 2.80. The van der Waals surface area contributed by atoms with Crippen LogP contribution >= 0.6 is 0 Å². The third kappa shape index (κ3) is 8.69. The van der Waals surface area contributed by atoms with E-state index in [2.05, 4.69) is 5.32 Å². The van der Waals surface area contributed by atoms with Crippen molar-refractivity contribution < 1.29 is 28.6 Å². The molecule has 0 saturated heterocycles. The van der Waals surface area contributed by atoms with Crippen molar-refractivity contribution in [3.63, 3.8) is 0 Å². The molecule has 0 saturated carbocycles. The van der Waals surface area contributed by atoms with Gasteiger partial charge in [0.15, 0.2) is 6.10 Å². The Kier molecular flexibility index (Phi) is 10.1. The zero-order chi connectivity index (χ0) is 19.4. The Hall–Kier alpha value is -2.31. The van der Waals surface area contributed by atoms with Crippen LogP contribution in [0.3, 0.4) is 0 Å². The number of unbranched alkanes of at least 4 members (excludes halogenated alkanes) is 1. The highest BCUT2D eigenvalue weighted by Crippen LogP contribution is 2.19. The van der Waals surface area contributed by atoms with E-state index in [-0.39, 0.29) is 6.04 Å². The summed E-state index contributed by atoms with van der Waals surface area (Å²) < 4.78 is 14.9. The average Bonchev–Trinajstić information content (AvgIpc) is 2.60. The van der Waals surface area contributed by atoms with Gasteiger partial charge >= 0.3 is 18.0 Å². The average molecular weight is 367 g/mol. The molecule has 0 spiro atoms. The summed E-state index contributed by atoms with van der Waals surface area (Å²) >= 11 is 0. The minimum atomic E-state index is -0.942. The molecular formula is C19H29NO6. The number of hydrogen-bond acceptors (Lipinski definition) is 6. The molecule has 1 amide bonds. The third-order valence-electron chi connectivity index (χ3n) is 3.80. The lowest BCUT2D eigenvalue weighted by Gasteiger charge is -2.22. The maximum absolute atomic E-state index is 11.8. The van der Waals surface area contributed by atoms with Crippen molar-refractivity contribution in [3.05, 3.63) is 23.8 Å². The Morgan fingerprint density at radius 1 is 1.31 bits per heavy atom. The maximum atomic E-state index is 11.8. The van der Waals surface area contributed by atoms with E-state index < -0.39 is 24.1 Å². The fraction of sp³-hybridized carbons (Fsp3) is 0.632. The predicted molar refractivity (Wildman–Crippen MR) is 96.4 cm³/mol. The first-order valence-corrected chi connectivity index (χ1v) is 9.13. The molecule has 7 nitrogen and oxygen atoms in total. The van der Waals surface area contributed by atoms with Crippen LogP contribution in [0.2, 0.25) is 0 Å². The van der Waals surface area contributed by atoms with Gasteiger partial charge in [0.1, 0.15) is 0 Å². The maximum Gasteiger partial charge on any atom is 0.407 e. The van der Waals surface area contributed by atoms with Gasteiger partial charge in [0.05, 0.1) is 13.2 Å². The lowest BCUT2D eigenvalue weighted by molar-refractivity contribution is -0.163. The number of carbonyl (C=O) groups is 3. The van der Waals surface area contributed by atoms with E-state index in [1.54, 1.807) is 13.0 Å². The van der Waals surface area contributed by atoms with Crippen LogP contribution in [0.1, 0.15) is 52.9 Å². The lowest BCUT2D eigenvalue weighted by atomic mass is 9.94. The number of carbonyl (C=O) groups excluding carboxylic acids is 3. The summed E-state index contributed by atoms with van der Waals surface area (Å²) in [5.41, 5.74) is 0.924. The second kappa shape index (κ2) is 12.1. The molecule has 1 aliphatic carbocycles. The number of amides is 1. The highest BCUT2D eigenvalue weighted by Gasteiger charge is 2.19. The molecule has 1 N–H and O–H groups in total. The zero-order valence-electron chi connectivity index (χ0n) is 15.8. The topological polar surface area (TPSA) is 90.9 Å². The largest absolute Gasteiger partial charge is 0.463 e. The predicted octanol–water partition coefficient (Wildman–Crippen LogP) is 3.04. The van der Waals surface area contributed by atoms with Gasteiger partial charge in [0.2, 0.25) is 0 Å². The highest BCUT2D eigenvalue weighted by atomic mass is 16.6. The summed E-state index contributed by atoms with van der Waals surface area (Å²) in [4.78, 5) is 35.0. The van der Waals surface area contributed by atoms with Gasteiger partial charge in [-0.25, -0.2) is 14.4 Å². The lowest BCUT2D eigenvalue weighted by Crippen LogP contribution is -2.36. The highest BCUT2D eigenvalue weighted by molar-refractivity contribution is 5.85. The fourth-order valence-corrected chi connectivity index (χ4v) is 2.41. The molecule has 26 heavy (non-hydrogen) atoms. The van der Waals surface area contributed by atoms with E-state index >= 15 is 0 Å². The molecule has 1 aliphatic rings. The molecule has 0 aliphatic heterocycles. The molecule has 146 valence electrons. The number of rotatable bonds is 9. The smallest absolute Gasteiger partial charge is 0.407 e. The zero-order valence-corrected chi connectivity index (χ0v) is 15.8. The molecule has 0 radical (unpaired) electrons. The summed E-state index contributed by atoms with van der Waals surface area (Å²) in [6.07, 6.45) is 7.50. The van der Waals surface area contributed by atoms with Gasteiger partial charge in [-0.2, -0.15) is 0 Å². The Balaban J connectivity index is 2.41. The SMILES string of the molecule is CCCCOC(=O)[C@@H](C)OC(=O)/C=C/C1=CCC[C@@H](NC(=O)OCC)C1. The summed E-state index contributed by atoms with van der Waals surface area (Å²) in [7, 11) is 0. The number of hydrogen-bond donors (Lipinski definition) is 1. The van der Waals surface area contributed by atoms with Crippen LogP contribution in [0.25, 0.3) is 0 Å². The monoisotopic (exact) mass is 367 g/mol. The van der Waals surface area contributed by atoms with E-state index in [0.717, 1.165) is 31.3 Å². The Bertz CT molecular complexity index is 540. The van der Waals surface area contributed by atoms with Crippen molar-refractivity contribution in [3.8, 4) is 0 Å². The molecule has 1 rings (SSSR count). The van der Waals surface area contributed by atoms with Crippen LogP contribution in [0.15, 0.2) is 23.8 Å². The van der Waals surface area contributed by atoms with Crippen molar-refractivity contribution in [1.82, 2.24) is 5.32 Å². The molecule has 2 atom stereocenters. The summed E-state index contributed by atoms with van der Waals surface area (Å²) in [6, 6.07) is -0.0258. The van der Waals surface area contributed by atoms with Crippen molar-refractivity contribution in [1.29, 1.82) is 0 Å². The van der Waals surface area contributed by atoms with Gasteiger partial charge in [0, 0.05) is 12.1 Å². The second-order valence-corrected chi connectivity index (χ2v) is 6.06. The Morgan fingerprint density at radius 3 is 2.77 bits per heavy atom. The van der Waals surface area contributed by atoms with Crippen LogP contribution in [-0.4, -0.2) is 43.4 Å². The van der Waals surface area contributed by atoms with Crippen LogP contribution in [-0.2, 0) is 23.8 Å². The van der Waals surface area contributed by atoms with Crippen LogP contribution in [0.4, 0.5) is 4.79 Å². The Morgan fingerprint density at radius 2 is 2.08 bits per heavy atom. The second-order valence-electron chi connectivity index (χ2n) is 6.06. The van der Waals surface area contributed by atoms with Crippen LogP contribution in [0.5, 0.6) is 0 Å². The van der Waals surface area contributed by atoms with Crippen LogP contribution < -0.4 is 5.32 Å².